The molecule has 0 aliphatic carbocycles. The molecule has 1 aliphatic rings. The van der Waals surface area contributed by atoms with Crippen molar-refractivity contribution in [2.75, 3.05) is 25.7 Å². The van der Waals surface area contributed by atoms with Crippen molar-refractivity contribution in [2.24, 2.45) is 5.92 Å². The third-order valence-corrected chi connectivity index (χ3v) is 5.90. The summed E-state index contributed by atoms with van der Waals surface area (Å²) in [5.41, 5.74) is 0.631. The van der Waals surface area contributed by atoms with E-state index in [2.05, 4.69) is 20.7 Å². The first-order chi connectivity index (χ1) is 10.8. The molecule has 8 heteroatoms. The van der Waals surface area contributed by atoms with Gasteiger partial charge in [0.25, 0.3) is 0 Å². The summed E-state index contributed by atoms with van der Waals surface area (Å²) in [6.45, 7) is 0. The van der Waals surface area contributed by atoms with Gasteiger partial charge >= 0.3 is 5.97 Å². The number of methoxy groups -OCH3 is 2. The lowest BCUT2D eigenvalue weighted by atomic mass is 9.96. The van der Waals surface area contributed by atoms with E-state index in [1.54, 1.807) is 25.3 Å². The Bertz CT molecular complexity index is 753. The number of allylic oxidation sites excluding steroid dienone is 1. The van der Waals surface area contributed by atoms with E-state index in [4.69, 9.17) is 4.74 Å². The fourth-order valence-corrected chi connectivity index (χ4v) is 4.85. The van der Waals surface area contributed by atoms with Gasteiger partial charge in [0.1, 0.15) is 11.5 Å². The predicted molar refractivity (Wildman–Crippen MR) is 88.2 cm³/mol. The number of rotatable bonds is 4. The molecular weight excluding hydrogens is 388 g/mol. The van der Waals surface area contributed by atoms with Gasteiger partial charge in [0, 0.05) is 5.92 Å². The standard InChI is InChI=1S/C15H17BrO6S/c1-21-13-4-3-9(6-12(13)16)5-10-7-23(19,20)8-11(14(10)17)15(18)22-2/h3-4,6,10,17H,5,7-8H2,1-2H3. The van der Waals surface area contributed by atoms with Gasteiger partial charge in [-0.15, -0.1) is 0 Å². The third kappa shape index (κ3) is 4.06. The fourth-order valence-electron chi connectivity index (χ4n) is 2.55. The highest BCUT2D eigenvalue weighted by Gasteiger charge is 2.35. The van der Waals surface area contributed by atoms with E-state index in [9.17, 15) is 18.3 Å². The first kappa shape index (κ1) is 17.8. The lowest BCUT2D eigenvalue weighted by Gasteiger charge is -2.24. The number of aliphatic hydroxyl groups excluding tert-OH is 1. The summed E-state index contributed by atoms with van der Waals surface area (Å²) in [4.78, 5) is 11.7. The van der Waals surface area contributed by atoms with Crippen molar-refractivity contribution in [1.29, 1.82) is 0 Å². The Balaban J connectivity index is 2.34. The lowest BCUT2D eigenvalue weighted by Crippen LogP contribution is -2.32. The largest absolute Gasteiger partial charge is 0.511 e. The first-order valence-corrected chi connectivity index (χ1v) is 9.42. The highest BCUT2D eigenvalue weighted by Crippen LogP contribution is 2.30. The summed E-state index contributed by atoms with van der Waals surface area (Å²) in [5, 5.41) is 10.3. The molecule has 6 nitrogen and oxygen atoms in total. The SMILES string of the molecule is COC(=O)C1=C(O)C(Cc2ccc(OC)c(Br)c2)CS(=O)(=O)C1. The van der Waals surface area contributed by atoms with Gasteiger partial charge in [-0.25, -0.2) is 13.2 Å². The van der Waals surface area contributed by atoms with Crippen LogP contribution < -0.4 is 4.74 Å². The summed E-state index contributed by atoms with van der Waals surface area (Å²) < 4.78 is 34.5. The molecule has 0 spiro atoms. The van der Waals surface area contributed by atoms with E-state index in [-0.39, 0.29) is 23.5 Å². The minimum absolute atomic E-state index is 0.184. The van der Waals surface area contributed by atoms with Crippen LogP contribution in [0, 0.1) is 5.92 Å². The molecule has 0 saturated heterocycles. The molecule has 0 amide bonds. The number of esters is 1. The van der Waals surface area contributed by atoms with E-state index < -0.39 is 27.5 Å². The maximum absolute atomic E-state index is 12.0. The maximum Gasteiger partial charge on any atom is 0.338 e. The maximum atomic E-state index is 12.0. The second kappa shape index (κ2) is 6.92. The van der Waals surface area contributed by atoms with Crippen LogP contribution >= 0.6 is 15.9 Å². The summed E-state index contributed by atoms with van der Waals surface area (Å²) in [6.07, 6.45) is 0.286. The van der Waals surface area contributed by atoms with E-state index in [0.717, 1.165) is 17.1 Å². The summed E-state index contributed by atoms with van der Waals surface area (Å²) >= 11 is 3.36. The smallest absolute Gasteiger partial charge is 0.338 e. The Labute approximate surface area is 143 Å². The van der Waals surface area contributed by atoms with Crippen molar-refractivity contribution in [1.82, 2.24) is 0 Å². The average Bonchev–Trinajstić information content (AvgIpc) is 2.49. The van der Waals surface area contributed by atoms with Crippen LogP contribution in [0.2, 0.25) is 0 Å². The van der Waals surface area contributed by atoms with Gasteiger partial charge in [-0.1, -0.05) is 6.07 Å². The number of benzene rings is 1. The van der Waals surface area contributed by atoms with E-state index in [1.165, 1.54) is 0 Å². The Morgan fingerprint density at radius 1 is 1.39 bits per heavy atom. The first-order valence-electron chi connectivity index (χ1n) is 6.80. The van der Waals surface area contributed by atoms with Crippen LogP contribution in [0.4, 0.5) is 0 Å². The molecule has 23 heavy (non-hydrogen) atoms. The van der Waals surface area contributed by atoms with Crippen LogP contribution in [0.15, 0.2) is 34.0 Å². The molecule has 1 aromatic carbocycles. The van der Waals surface area contributed by atoms with Gasteiger partial charge < -0.3 is 14.6 Å². The second-order valence-electron chi connectivity index (χ2n) is 5.28. The molecule has 1 unspecified atom stereocenters. The van der Waals surface area contributed by atoms with Crippen molar-refractivity contribution in [3.63, 3.8) is 0 Å². The molecule has 1 aromatic rings. The number of aliphatic hydroxyl groups is 1. The highest BCUT2D eigenvalue weighted by atomic mass is 79.9. The normalized spacial score (nSPS) is 20.2. The van der Waals surface area contributed by atoms with Crippen LogP contribution in [-0.2, 0) is 25.8 Å². The Kier molecular flexibility index (Phi) is 5.36. The molecule has 0 radical (unpaired) electrons. The minimum atomic E-state index is -3.47. The van der Waals surface area contributed by atoms with Crippen LogP contribution in [0.25, 0.3) is 0 Å². The van der Waals surface area contributed by atoms with Crippen LogP contribution in [0.1, 0.15) is 5.56 Å². The number of ether oxygens (including phenoxy) is 2. The van der Waals surface area contributed by atoms with Gasteiger partial charge in [0.2, 0.25) is 0 Å². The second-order valence-corrected chi connectivity index (χ2v) is 8.24. The van der Waals surface area contributed by atoms with Crippen molar-refractivity contribution in [3.8, 4) is 5.75 Å². The zero-order chi connectivity index (χ0) is 17.2. The van der Waals surface area contributed by atoms with Crippen LogP contribution in [0.3, 0.4) is 0 Å². The molecule has 1 N–H and O–H groups in total. The molecule has 1 aliphatic heterocycles. The third-order valence-electron chi connectivity index (χ3n) is 3.65. The number of carbonyl (C=O) groups is 1. The number of hydrogen-bond donors (Lipinski definition) is 1. The van der Waals surface area contributed by atoms with Crippen molar-refractivity contribution < 1.29 is 27.8 Å². The van der Waals surface area contributed by atoms with Crippen molar-refractivity contribution in [3.05, 3.63) is 39.6 Å². The Morgan fingerprint density at radius 2 is 2.09 bits per heavy atom. The molecule has 0 aromatic heterocycles. The minimum Gasteiger partial charge on any atom is -0.511 e. The molecule has 0 fully saturated rings. The quantitative estimate of drug-likeness (QED) is 0.772. The average molecular weight is 405 g/mol. The molecule has 2 rings (SSSR count). The number of carbonyl (C=O) groups excluding carboxylic acids is 1. The molecule has 1 heterocycles. The van der Waals surface area contributed by atoms with Crippen molar-refractivity contribution >= 4 is 31.7 Å². The fraction of sp³-hybridized carbons (Fsp3) is 0.400. The van der Waals surface area contributed by atoms with Crippen LogP contribution in [-0.4, -0.2) is 45.2 Å². The van der Waals surface area contributed by atoms with Crippen molar-refractivity contribution in [2.45, 2.75) is 6.42 Å². The predicted octanol–water partition coefficient (Wildman–Crippen LogP) is 2.03. The lowest BCUT2D eigenvalue weighted by molar-refractivity contribution is -0.136. The molecular formula is C15H17BrO6S. The molecule has 126 valence electrons. The summed E-state index contributed by atoms with van der Waals surface area (Å²) in [7, 11) is -0.769. The van der Waals surface area contributed by atoms with Gasteiger partial charge in [-0.05, 0) is 40.0 Å². The summed E-state index contributed by atoms with van der Waals surface area (Å²) in [6, 6.07) is 5.33. The van der Waals surface area contributed by atoms with Gasteiger partial charge in [0.15, 0.2) is 9.84 Å². The van der Waals surface area contributed by atoms with Gasteiger partial charge in [-0.2, -0.15) is 0 Å². The summed E-state index contributed by atoms with van der Waals surface area (Å²) in [5.74, 6) is -1.74. The Morgan fingerprint density at radius 3 is 2.65 bits per heavy atom. The zero-order valence-electron chi connectivity index (χ0n) is 12.7. The number of hydrogen-bond acceptors (Lipinski definition) is 6. The molecule has 1 atom stereocenters. The van der Waals surface area contributed by atoms with Gasteiger partial charge in [0.05, 0.1) is 35.8 Å². The zero-order valence-corrected chi connectivity index (χ0v) is 15.1. The van der Waals surface area contributed by atoms with E-state index in [1.807, 2.05) is 0 Å². The molecule has 0 saturated carbocycles. The number of halogens is 1. The Hall–Kier alpha value is -1.54. The molecule has 0 bridgehead atoms. The van der Waals surface area contributed by atoms with E-state index in [0.29, 0.717) is 5.75 Å². The van der Waals surface area contributed by atoms with E-state index >= 15 is 0 Å². The monoisotopic (exact) mass is 404 g/mol. The van der Waals surface area contributed by atoms with Crippen LogP contribution in [0.5, 0.6) is 5.75 Å². The number of sulfone groups is 1. The highest BCUT2D eigenvalue weighted by molar-refractivity contribution is 9.10. The topological polar surface area (TPSA) is 89.9 Å². The van der Waals surface area contributed by atoms with Gasteiger partial charge in [-0.3, -0.25) is 0 Å².